The van der Waals surface area contributed by atoms with Crippen molar-refractivity contribution in [3.05, 3.63) is 60.2 Å². The molecule has 114 valence electrons. The number of benzene rings is 2. The fourth-order valence-electron chi connectivity index (χ4n) is 2.24. The lowest BCUT2D eigenvalue weighted by Crippen LogP contribution is -2.39. The third-order valence-electron chi connectivity index (χ3n) is 3.69. The van der Waals surface area contributed by atoms with Crippen LogP contribution in [0.15, 0.2) is 54.6 Å². The Kier molecular flexibility index (Phi) is 5.43. The summed E-state index contributed by atoms with van der Waals surface area (Å²) < 4.78 is 5.12. The van der Waals surface area contributed by atoms with Crippen molar-refractivity contribution >= 4 is 13.3 Å². The van der Waals surface area contributed by atoms with Crippen molar-refractivity contribution in [1.29, 1.82) is 0 Å². The largest absolute Gasteiger partial charge is 0.497 e. The smallest absolute Gasteiger partial charge is 0.162 e. The molecule has 0 unspecified atom stereocenters. The monoisotopic (exact) mass is 310 g/mol. The van der Waals surface area contributed by atoms with Crippen molar-refractivity contribution in [2.24, 2.45) is 0 Å². The molecule has 1 N–H and O–H groups in total. The van der Waals surface area contributed by atoms with E-state index >= 15 is 0 Å². The zero-order valence-electron chi connectivity index (χ0n) is 13.3. The van der Waals surface area contributed by atoms with Gasteiger partial charge in [0.2, 0.25) is 0 Å². The first-order chi connectivity index (χ1) is 10.5. The molecule has 0 radical (unpaired) electrons. The molecule has 22 heavy (non-hydrogen) atoms. The Morgan fingerprint density at radius 1 is 1.05 bits per heavy atom. The lowest BCUT2D eigenvalue weighted by molar-refractivity contribution is 0.184. The maximum atomic E-state index is 10.2. The molecule has 2 rings (SSSR count). The molecule has 2 nitrogen and oxygen atoms in total. The molecule has 0 aliphatic rings. The van der Waals surface area contributed by atoms with Crippen LogP contribution >= 0.6 is 0 Å². The van der Waals surface area contributed by atoms with Crippen LogP contribution in [0.3, 0.4) is 0 Å². The maximum Gasteiger partial charge on any atom is 0.162 e. The Balaban J connectivity index is 2.03. The summed E-state index contributed by atoms with van der Waals surface area (Å²) >= 11 is 0. The van der Waals surface area contributed by atoms with Crippen molar-refractivity contribution in [3.63, 3.8) is 0 Å². The van der Waals surface area contributed by atoms with Gasteiger partial charge in [-0.3, -0.25) is 0 Å². The first kappa shape index (κ1) is 16.3. The van der Waals surface area contributed by atoms with Crippen LogP contribution in [-0.2, 0) is 0 Å². The number of ether oxygens (including phenoxy) is 1. The van der Waals surface area contributed by atoms with Gasteiger partial charge in [0.15, 0.2) is 8.07 Å². The third-order valence-corrected chi connectivity index (χ3v) is 6.27. The molecule has 3 heteroatoms. The number of aliphatic hydroxyl groups excluding tert-OH is 1. The topological polar surface area (TPSA) is 29.5 Å². The second kappa shape index (κ2) is 7.30. The minimum Gasteiger partial charge on any atom is -0.497 e. The predicted octanol–water partition coefficient (Wildman–Crippen LogP) is 3.28. The van der Waals surface area contributed by atoms with Crippen molar-refractivity contribution < 1.29 is 9.84 Å². The molecular weight excluding hydrogens is 288 g/mol. The highest BCUT2D eigenvalue weighted by molar-refractivity contribution is 6.96. The molecule has 0 spiro atoms. The Bertz CT molecular complexity index is 651. The lowest BCUT2D eigenvalue weighted by Gasteiger charge is -2.15. The minimum absolute atomic E-state index is 0.454. The van der Waals surface area contributed by atoms with Gasteiger partial charge in [-0.2, -0.15) is 0 Å². The summed E-state index contributed by atoms with van der Waals surface area (Å²) in [5, 5.41) is 11.5. The van der Waals surface area contributed by atoms with Crippen molar-refractivity contribution in [1.82, 2.24) is 0 Å². The molecule has 0 aliphatic heterocycles. The summed E-state index contributed by atoms with van der Waals surface area (Å²) in [6, 6.07) is 17.9. The van der Waals surface area contributed by atoms with Gasteiger partial charge in [-0.15, -0.1) is 11.5 Å². The van der Waals surface area contributed by atoms with Crippen LogP contribution < -0.4 is 9.92 Å². The van der Waals surface area contributed by atoms with E-state index in [1.807, 2.05) is 30.3 Å². The van der Waals surface area contributed by atoms with Gasteiger partial charge in [0.25, 0.3) is 0 Å². The van der Waals surface area contributed by atoms with Gasteiger partial charge in [0, 0.05) is 6.42 Å². The van der Waals surface area contributed by atoms with Gasteiger partial charge in [-0.25, -0.2) is 0 Å². The highest BCUT2D eigenvalue weighted by Gasteiger charge is 2.20. The van der Waals surface area contributed by atoms with Crippen LogP contribution in [0.2, 0.25) is 13.1 Å². The Labute approximate surface area is 133 Å². The molecule has 0 aliphatic carbocycles. The molecule has 2 aromatic carbocycles. The van der Waals surface area contributed by atoms with Crippen LogP contribution in [0.1, 0.15) is 18.1 Å². The summed E-state index contributed by atoms with van der Waals surface area (Å²) in [7, 11) is -0.122. The van der Waals surface area contributed by atoms with E-state index in [0.717, 1.165) is 11.3 Å². The Morgan fingerprint density at radius 3 is 2.27 bits per heavy atom. The standard InChI is InChI=1S/C19H22O2Si/c1-21-17-13-11-16(12-14-17)19(20)10-7-15-22(2,3)18-8-5-4-6-9-18/h4-6,8-9,11-14,19-20H,10H2,1-3H3/t19-/m1/s1. The molecular formula is C19H22O2Si. The van der Waals surface area contributed by atoms with E-state index < -0.39 is 14.2 Å². The summed E-state index contributed by atoms with van der Waals surface area (Å²) in [5.74, 6) is 3.97. The number of hydrogen-bond acceptors (Lipinski definition) is 2. The fraction of sp³-hybridized carbons (Fsp3) is 0.263. The van der Waals surface area contributed by atoms with Gasteiger partial charge >= 0.3 is 0 Å². The van der Waals surface area contributed by atoms with E-state index in [1.54, 1.807) is 7.11 Å². The summed E-state index contributed by atoms with van der Waals surface area (Å²) in [5.41, 5.74) is 4.27. The Hall–Kier alpha value is -2.02. The van der Waals surface area contributed by atoms with Crippen LogP contribution in [0.4, 0.5) is 0 Å². The SMILES string of the molecule is COc1ccc([C@H](O)CC#C[Si](C)(C)c2ccccc2)cc1. The van der Waals surface area contributed by atoms with E-state index in [9.17, 15) is 5.11 Å². The van der Waals surface area contributed by atoms with Crippen molar-refractivity contribution in [3.8, 4) is 17.2 Å². The van der Waals surface area contributed by atoms with E-state index in [-0.39, 0.29) is 0 Å². The molecule has 0 bridgehead atoms. The second-order valence-corrected chi connectivity index (χ2v) is 9.86. The van der Waals surface area contributed by atoms with E-state index in [2.05, 4.69) is 48.8 Å². The van der Waals surface area contributed by atoms with Crippen LogP contribution in [0.5, 0.6) is 5.75 Å². The zero-order chi connectivity index (χ0) is 16.0. The molecule has 0 amide bonds. The first-order valence-corrected chi connectivity index (χ1v) is 10.4. The average Bonchev–Trinajstić information content (AvgIpc) is 2.55. The van der Waals surface area contributed by atoms with E-state index in [4.69, 9.17) is 4.74 Å². The first-order valence-electron chi connectivity index (χ1n) is 7.40. The van der Waals surface area contributed by atoms with Crippen LogP contribution in [0, 0.1) is 11.5 Å². The summed E-state index contributed by atoms with van der Waals surface area (Å²) in [6.45, 7) is 4.46. The fourth-order valence-corrected chi connectivity index (χ4v) is 3.95. The molecule has 0 saturated heterocycles. The molecule has 2 aromatic rings. The normalized spacial score (nSPS) is 12.2. The van der Waals surface area contributed by atoms with Gasteiger partial charge in [-0.1, -0.05) is 55.6 Å². The highest BCUT2D eigenvalue weighted by Crippen LogP contribution is 2.19. The molecule has 0 saturated carbocycles. The zero-order valence-corrected chi connectivity index (χ0v) is 14.3. The number of methoxy groups -OCH3 is 1. The molecule has 0 heterocycles. The molecule has 0 fully saturated rings. The van der Waals surface area contributed by atoms with Crippen LogP contribution in [-0.4, -0.2) is 20.3 Å². The van der Waals surface area contributed by atoms with Crippen LogP contribution in [0.25, 0.3) is 0 Å². The number of aliphatic hydroxyl groups is 1. The summed E-state index contributed by atoms with van der Waals surface area (Å²) in [6.07, 6.45) is -0.103. The van der Waals surface area contributed by atoms with Crippen molar-refractivity contribution in [2.75, 3.05) is 7.11 Å². The minimum atomic E-state index is -1.75. The average molecular weight is 310 g/mol. The van der Waals surface area contributed by atoms with Gasteiger partial charge in [0.1, 0.15) is 5.75 Å². The summed E-state index contributed by atoms with van der Waals surface area (Å²) in [4.78, 5) is 0. The number of hydrogen-bond donors (Lipinski definition) is 1. The van der Waals surface area contributed by atoms with Gasteiger partial charge in [-0.05, 0) is 22.9 Å². The predicted molar refractivity (Wildman–Crippen MR) is 93.9 cm³/mol. The Morgan fingerprint density at radius 2 is 1.68 bits per heavy atom. The molecule has 0 aromatic heterocycles. The van der Waals surface area contributed by atoms with Crippen molar-refractivity contribution in [2.45, 2.75) is 25.6 Å². The highest BCUT2D eigenvalue weighted by atomic mass is 28.3. The maximum absolute atomic E-state index is 10.2. The number of rotatable bonds is 4. The second-order valence-electron chi connectivity index (χ2n) is 5.79. The van der Waals surface area contributed by atoms with Gasteiger partial charge in [0.05, 0.1) is 13.2 Å². The van der Waals surface area contributed by atoms with Gasteiger partial charge < -0.3 is 9.84 Å². The van der Waals surface area contributed by atoms with E-state index in [0.29, 0.717) is 6.42 Å². The quantitative estimate of drug-likeness (QED) is 0.694. The van der Waals surface area contributed by atoms with E-state index in [1.165, 1.54) is 5.19 Å². The lowest BCUT2D eigenvalue weighted by atomic mass is 10.1. The third kappa shape index (κ3) is 4.24. The molecule has 1 atom stereocenters.